The molecule has 2 heterocycles. The molecule has 1 saturated carbocycles. The topological polar surface area (TPSA) is 58.9 Å². The molecule has 0 spiro atoms. The smallest absolute Gasteiger partial charge is 0.165 e. The fourth-order valence-corrected chi connectivity index (χ4v) is 2.87. The van der Waals surface area contributed by atoms with Gasteiger partial charge in [0.1, 0.15) is 0 Å². The number of rotatable bonds is 5. The fraction of sp³-hybridized carbons (Fsp3) is 0.917. The van der Waals surface area contributed by atoms with Crippen molar-refractivity contribution in [1.82, 2.24) is 30.4 Å². The molecule has 1 aromatic rings. The van der Waals surface area contributed by atoms with E-state index >= 15 is 0 Å². The lowest BCUT2D eigenvalue weighted by Gasteiger charge is -2.32. The van der Waals surface area contributed by atoms with Crippen LogP contribution in [0.1, 0.15) is 37.5 Å². The number of halogens is 1. The Morgan fingerprint density at radius 3 is 2.89 bits per heavy atom. The summed E-state index contributed by atoms with van der Waals surface area (Å²) in [5, 5.41) is 15.4. The Morgan fingerprint density at radius 1 is 1.32 bits per heavy atom. The first kappa shape index (κ1) is 14.7. The van der Waals surface area contributed by atoms with Gasteiger partial charge in [-0.25, -0.2) is 4.68 Å². The Bertz CT molecular complexity index is 389. The minimum absolute atomic E-state index is 0. The monoisotopic (exact) mass is 286 g/mol. The average Bonchev–Trinajstić information content (AvgIpc) is 3.12. The molecule has 2 fully saturated rings. The Kier molecular flexibility index (Phi) is 5.13. The van der Waals surface area contributed by atoms with E-state index in [2.05, 4.69) is 25.7 Å². The van der Waals surface area contributed by atoms with Gasteiger partial charge in [0.2, 0.25) is 0 Å². The van der Waals surface area contributed by atoms with Crippen LogP contribution < -0.4 is 5.32 Å². The highest BCUT2D eigenvalue weighted by Gasteiger charge is 2.29. The summed E-state index contributed by atoms with van der Waals surface area (Å²) in [6.07, 6.45) is 5.10. The quantitative estimate of drug-likeness (QED) is 0.870. The standard InChI is InChI=1S/C12H22N6.ClH/c1-13-7-10-3-2-6-17(8-10)9-12-14-15-16-18(12)11-4-5-11;/h10-11,13H,2-9H2,1H3;1H. The molecule has 19 heavy (non-hydrogen) atoms. The first-order valence-corrected chi connectivity index (χ1v) is 7.00. The first-order chi connectivity index (χ1) is 8.86. The van der Waals surface area contributed by atoms with Crippen molar-refractivity contribution in [3.05, 3.63) is 5.82 Å². The summed E-state index contributed by atoms with van der Waals surface area (Å²) in [4.78, 5) is 2.50. The van der Waals surface area contributed by atoms with Crippen molar-refractivity contribution >= 4 is 12.4 Å². The number of aromatic nitrogens is 4. The molecule has 0 radical (unpaired) electrons. The molecule has 1 aliphatic carbocycles. The van der Waals surface area contributed by atoms with E-state index in [0.29, 0.717) is 6.04 Å². The van der Waals surface area contributed by atoms with Crippen LogP contribution in [0.25, 0.3) is 0 Å². The summed E-state index contributed by atoms with van der Waals surface area (Å²) >= 11 is 0. The number of likely N-dealkylation sites (tertiary alicyclic amines) is 1. The van der Waals surface area contributed by atoms with E-state index in [-0.39, 0.29) is 12.4 Å². The van der Waals surface area contributed by atoms with E-state index in [1.807, 2.05) is 11.7 Å². The third-order valence-electron chi connectivity index (χ3n) is 3.91. The van der Waals surface area contributed by atoms with Crippen molar-refractivity contribution in [2.45, 2.75) is 38.3 Å². The maximum Gasteiger partial charge on any atom is 0.165 e. The van der Waals surface area contributed by atoms with E-state index in [9.17, 15) is 0 Å². The molecular formula is C12H23ClN6. The van der Waals surface area contributed by atoms with Crippen LogP contribution in [0, 0.1) is 5.92 Å². The van der Waals surface area contributed by atoms with Crippen LogP contribution in [0.3, 0.4) is 0 Å². The van der Waals surface area contributed by atoms with Crippen LogP contribution in [0.15, 0.2) is 0 Å². The van der Waals surface area contributed by atoms with Crippen molar-refractivity contribution in [2.75, 3.05) is 26.7 Å². The highest BCUT2D eigenvalue weighted by molar-refractivity contribution is 5.85. The Labute approximate surface area is 120 Å². The van der Waals surface area contributed by atoms with Gasteiger partial charge in [-0.1, -0.05) is 0 Å². The Morgan fingerprint density at radius 2 is 2.16 bits per heavy atom. The summed E-state index contributed by atoms with van der Waals surface area (Å²) in [6, 6.07) is 0.577. The number of hydrogen-bond donors (Lipinski definition) is 1. The molecule has 1 aliphatic heterocycles. The largest absolute Gasteiger partial charge is 0.319 e. The number of tetrazole rings is 1. The SMILES string of the molecule is CNCC1CCCN(Cc2nnnn2C2CC2)C1.Cl. The lowest BCUT2D eigenvalue weighted by Crippen LogP contribution is -2.39. The second-order valence-electron chi connectivity index (χ2n) is 5.57. The Balaban J connectivity index is 0.00000133. The van der Waals surface area contributed by atoms with Gasteiger partial charge in [-0.15, -0.1) is 17.5 Å². The van der Waals surface area contributed by atoms with E-state index < -0.39 is 0 Å². The van der Waals surface area contributed by atoms with Gasteiger partial charge in [0.15, 0.2) is 5.82 Å². The second kappa shape index (κ2) is 6.63. The van der Waals surface area contributed by atoms with E-state index in [0.717, 1.165) is 24.8 Å². The zero-order valence-corrected chi connectivity index (χ0v) is 12.3. The lowest BCUT2D eigenvalue weighted by molar-refractivity contribution is 0.161. The summed E-state index contributed by atoms with van der Waals surface area (Å²) in [5.74, 6) is 1.82. The number of piperidine rings is 1. The lowest BCUT2D eigenvalue weighted by atomic mass is 9.98. The third kappa shape index (κ3) is 3.64. The molecular weight excluding hydrogens is 264 g/mol. The van der Waals surface area contributed by atoms with Gasteiger partial charge in [-0.05, 0) is 62.2 Å². The first-order valence-electron chi connectivity index (χ1n) is 7.00. The molecule has 1 N–H and O–H groups in total. The van der Waals surface area contributed by atoms with Crippen molar-refractivity contribution in [3.63, 3.8) is 0 Å². The van der Waals surface area contributed by atoms with Crippen LogP contribution in [-0.4, -0.2) is 51.8 Å². The summed E-state index contributed by atoms with van der Waals surface area (Å²) in [7, 11) is 2.03. The summed E-state index contributed by atoms with van der Waals surface area (Å²) in [6.45, 7) is 4.36. The van der Waals surface area contributed by atoms with Crippen molar-refractivity contribution in [3.8, 4) is 0 Å². The zero-order valence-electron chi connectivity index (χ0n) is 11.5. The maximum atomic E-state index is 4.19. The van der Waals surface area contributed by atoms with Gasteiger partial charge in [0, 0.05) is 6.54 Å². The van der Waals surface area contributed by atoms with E-state index in [4.69, 9.17) is 0 Å². The molecule has 1 atom stereocenters. The predicted octanol–water partition coefficient (Wildman–Crippen LogP) is 0.861. The number of hydrogen-bond acceptors (Lipinski definition) is 5. The van der Waals surface area contributed by atoms with Gasteiger partial charge in [0.25, 0.3) is 0 Å². The van der Waals surface area contributed by atoms with Crippen molar-refractivity contribution in [1.29, 1.82) is 0 Å². The molecule has 3 rings (SSSR count). The highest BCUT2D eigenvalue weighted by atomic mass is 35.5. The molecule has 1 unspecified atom stereocenters. The maximum absolute atomic E-state index is 4.19. The van der Waals surface area contributed by atoms with Gasteiger partial charge in [-0.3, -0.25) is 4.90 Å². The minimum atomic E-state index is 0. The second-order valence-corrected chi connectivity index (χ2v) is 5.57. The molecule has 7 heteroatoms. The van der Waals surface area contributed by atoms with Gasteiger partial charge in [-0.2, -0.15) is 0 Å². The Hall–Kier alpha value is -0.720. The van der Waals surface area contributed by atoms with Crippen LogP contribution in [-0.2, 0) is 6.54 Å². The highest BCUT2D eigenvalue weighted by Crippen LogP contribution is 2.34. The molecule has 2 aliphatic rings. The molecule has 0 bridgehead atoms. The van der Waals surface area contributed by atoms with Gasteiger partial charge >= 0.3 is 0 Å². The predicted molar refractivity (Wildman–Crippen MR) is 75.3 cm³/mol. The van der Waals surface area contributed by atoms with Crippen molar-refractivity contribution in [2.24, 2.45) is 5.92 Å². The van der Waals surface area contributed by atoms with Crippen molar-refractivity contribution < 1.29 is 0 Å². The third-order valence-corrected chi connectivity index (χ3v) is 3.91. The van der Waals surface area contributed by atoms with Gasteiger partial charge < -0.3 is 5.32 Å². The van der Waals surface area contributed by atoms with Gasteiger partial charge in [0.05, 0.1) is 12.6 Å². The van der Waals surface area contributed by atoms with Crippen LogP contribution in [0.4, 0.5) is 0 Å². The number of nitrogens with zero attached hydrogens (tertiary/aromatic N) is 5. The normalized spacial score (nSPS) is 24.2. The van der Waals surface area contributed by atoms with Crippen LogP contribution in [0.2, 0.25) is 0 Å². The molecule has 1 aromatic heterocycles. The molecule has 1 saturated heterocycles. The number of nitrogens with one attached hydrogen (secondary N) is 1. The van der Waals surface area contributed by atoms with E-state index in [1.165, 1.54) is 38.8 Å². The minimum Gasteiger partial charge on any atom is -0.319 e. The molecule has 6 nitrogen and oxygen atoms in total. The summed E-state index contributed by atoms with van der Waals surface area (Å²) in [5.41, 5.74) is 0. The fourth-order valence-electron chi connectivity index (χ4n) is 2.87. The molecule has 0 aromatic carbocycles. The van der Waals surface area contributed by atoms with E-state index in [1.54, 1.807) is 0 Å². The molecule has 108 valence electrons. The molecule has 0 amide bonds. The van der Waals surface area contributed by atoms with Crippen LogP contribution >= 0.6 is 12.4 Å². The zero-order chi connectivity index (χ0) is 12.4. The van der Waals surface area contributed by atoms with Crippen LogP contribution in [0.5, 0.6) is 0 Å². The average molecular weight is 287 g/mol. The summed E-state index contributed by atoms with van der Waals surface area (Å²) < 4.78 is 2.03.